The lowest BCUT2D eigenvalue weighted by atomic mass is 9.49. The van der Waals surface area contributed by atoms with Gasteiger partial charge in [0.05, 0.1) is 11.0 Å². The molecule has 0 aromatic heterocycles. The fourth-order valence-corrected chi connectivity index (χ4v) is 5.59. The zero-order valence-electron chi connectivity index (χ0n) is 15.1. The van der Waals surface area contributed by atoms with Gasteiger partial charge in [-0.2, -0.15) is 0 Å². The molecule has 0 saturated heterocycles. The van der Waals surface area contributed by atoms with Crippen LogP contribution < -0.4 is 5.32 Å². The Labute approximate surface area is 153 Å². The van der Waals surface area contributed by atoms with E-state index in [1.807, 2.05) is 0 Å². The van der Waals surface area contributed by atoms with Crippen LogP contribution in [0.3, 0.4) is 0 Å². The van der Waals surface area contributed by atoms with Gasteiger partial charge >= 0.3 is 5.97 Å². The third kappa shape index (κ3) is 3.27. The van der Waals surface area contributed by atoms with Crippen LogP contribution in [0.15, 0.2) is 24.3 Å². The van der Waals surface area contributed by atoms with Crippen LogP contribution in [0.4, 0.5) is 5.69 Å². The second-order valence-corrected chi connectivity index (χ2v) is 8.51. The zero-order chi connectivity index (χ0) is 18.3. The van der Waals surface area contributed by atoms with Gasteiger partial charge in [-0.25, -0.2) is 4.79 Å². The third-order valence-corrected chi connectivity index (χ3v) is 6.30. The monoisotopic (exact) mass is 355 g/mol. The van der Waals surface area contributed by atoms with Gasteiger partial charge in [0.15, 0.2) is 5.78 Å². The molecule has 0 atom stereocenters. The Morgan fingerprint density at radius 1 is 1.00 bits per heavy atom. The van der Waals surface area contributed by atoms with Gasteiger partial charge in [0.2, 0.25) is 5.91 Å². The second kappa shape index (κ2) is 6.53. The first kappa shape index (κ1) is 17.3. The number of Topliss-reactive ketones (excluding diaryl/α,β-unsaturated/α-hetero) is 1. The first-order valence-electron chi connectivity index (χ1n) is 9.51. The first-order chi connectivity index (χ1) is 12.4. The van der Waals surface area contributed by atoms with E-state index in [4.69, 9.17) is 4.74 Å². The van der Waals surface area contributed by atoms with Gasteiger partial charge in [0.25, 0.3) is 0 Å². The largest absolute Gasteiger partial charge is 0.454 e. The molecule has 0 spiro atoms. The number of hydrogen-bond donors (Lipinski definition) is 1. The lowest BCUT2D eigenvalue weighted by Gasteiger charge is -2.55. The Kier molecular flexibility index (Phi) is 4.33. The van der Waals surface area contributed by atoms with E-state index in [0.29, 0.717) is 11.3 Å². The van der Waals surface area contributed by atoms with Crippen molar-refractivity contribution in [2.75, 3.05) is 11.9 Å². The molecule has 1 aromatic rings. The number of carbonyl (C=O) groups is 3. The SMILES string of the molecule is CC(=O)COC(=O)c1ccc(NC(=O)C23CC4CC(CC(C4)C2)C3)cc1. The third-order valence-electron chi connectivity index (χ3n) is 6.30. The van der Waals surface area contributed by atoms with Gasteiger partial charge in [0.1, 0.15) is 6.61 Å². The number of nitrogens with one attached hydrogen (secondary N) is 1. The van der Waals surface area contributed by atoms with Crippen molar-refractivity contribution < 1.29 is 19.1 Å². The van der Waals surface area contributed by atoms with Gasteiger partial charge in [0, 0.05) is 5.69 Å². The van der Waals surface area contributed by atoms with E-state index in [1.54, 1.807) is 24.3 Å². The molecule has 1 amide bonds. The molecule has 4 bridgehead atoms. The van der Waals surface area contributed by atoms with Crippen molar-refractivity contribution in [3.05, 3.63) is 29.8 Å². The van der Waals surface area contributed by atoms with Gasteiger partial charge in [-0.3, -0.25) is 9.59 Å². The Morgan fingerprint density at radius 2 is 1.54 bits per heavy atom. The predicted molar refractivity (Wildman–Crippen MR) is 96.6 cm³/mol. The molecule has 1 aromatic carbocycles. The summed E-state index contributed by atoms with van der Waals surface area (Å²) in [6.07, 6.45) is 7.01. The highest BCUT2D eigenvalue weighted by Crippen LogP contribution is 2.60. The Hall–Kier alpha value is -2.17. The fourth-order valence-electron chi connectivity index (χ4n) is 5.59. The van der Waals surface area contributed by atoms with E-state index < -0.39 is 5.97 Å². The van der Waals surface area contributed by atoms with Gasteiger partial charge in [-0.15, -0.1) is 0 Å². The average Bonchev–Trinajstić information content (AvgIpc) is 2.59. The molecule has 5 nitrogen and oxygen atoms in total. The predicted octanol–water partition coefficient (Wildman–Crippen LogP) is 3.59. The van der Waals surface area contributed by atoms with Crippen LogP contribution in [0.5, 0.6) is 0 Å². The van der Waals surface area contributed by atoms with Crippen molar-refractivity contribution in [2.24, 2.45) is 23.2 Å². The molecule has 26 heavy (non-hydrogen) atoms. The Bertz CT molecular complexity index is 702. The molecule has 5 rings (SSSR count). The van der Waals surface area contributed by atoms with Crippen LogP contribution in [0, 0.1) is 23.2 Å². The van der Waals surface area contributed by atoms with Gasteiger partial charge in [-0.1, -0.05) is 0 Å². The van der Waals surface area contributed by atoms with Crippen molar-refractivity contribution >= 4 is 23.3 Å². The lowest BCUT2D eigenvalue weighted by Crippen LogP contribution is -2.51. The highest BCUT2D eigenvalue weighted by Gasteiger charge is 2.54. The molecule has 4 saturated carbocycles. The van der Waals surface area contributed by atoms with Crippen LogP contribution in [0.2, 0.25) is 0 Å². The highest BCUT2D eigenvalue weighted by atomic mass is 16.5. The van der Waals surface area contributed by atoms with E-state index in [0.717, 1.165) is 37.0 Å². The number of ketones is 1. The van der Waals surface area contributed by atoms with Gasteiger partial charge in [-0.05, 0) is 87.5 Å². The molecule has 4 fully saturated rings. The summed E-state index contributed by atoms with van der Waals surface area (Å²) in [6, 6.07) is 6.70. The van der Waals surface area contributed by atoms with Crippen LogP contribution in [0.1, 0.15) is 55.8 Å². The number of rotatable bonds is 5. The number of carbonyl (C=O) groups excluding carboxylic acids is 3. The van der Waals surface area contributed by atoms with E-state index >= 15 is 0 Å². The average molecular weight is 355 g/mol. The van der Waals surface area contributed by atoms with Crippen molar-refractivity contribution in [1.82, 2.24) is 0 Å². The first-order valence-corrected chi connectivity index (χ1v) is 9.51. The molecule has 0 radical (unpaired) electrons. The van der Waals surface area contributed by atoms with E-state index in [1.165, 1.54) is 26.2 Å². The maximum absolute atomic E-state index is 13.0. The summed E-state index contributed by atoms with van der Waals surface area (Å²) < 4.78 is 4.90. The molecule has 4 aliphatic carbocycles. The smallest absolute Gasteiger partial charge is 0.338 e. The standard InChI is InChI=1S/C21H25NO4/c1-13(23)12-26-19(24)17-2-4-18(5-3-17)22-20(25)21-9-14-6-15(10-21)8-16(7-14)11-21/h2-5,14-16H,6-12H2,1H3,(H,22,25). The summed E-state index contributed by atoms with van der Waals surface area (Å²) in [5.74, 6) is 1.60. The number of amides is 1. The second-order valence-electron chi connectivity index (χ2n) is 8.51. The molecule has 4 aliphatic rings. The minimum Gasteiger partial charge on any atom is -0.454 e. The molecule has 138 valence electrons. The molecule has 0 aliphatic heterocycles. The van der Waals surface area contributed by atoms with E-state index in [-0.39, 0.29) is 23.7 Å². The summed E-state index contributed by atoms with van der Waals surface area (Å²) >= 11 is 0. The maximum Gasteiger partial charge on any atom is 0.338 e. The molecule has 1 N–H and O–H groups in total. The number of esters is 1. The summed E-state index contributed by atoms with van der Waals surface area (Å²) in [7, 11) is 0. The Morgan fingerprint density at radius 3 is 2.04 bits per heavy atom. The fraction of sp³-hybridized carbons (Fsp3) is 0.571. The van der Waals surface area contributed by atoms with Crippen molar-refractivity contribution in [3.8, 4) is 0 Å². The number of anilines is 1. The zero-order valence-corrected chi connectivity index (χ0v) is 15.1. The van der Waals surface area contributed by atoms with Crippen molar-refractivity contribution in [1.29, 1.82) is 0 Å². The summed E-state index contributed by atoms with van der Waals surface area (Å²) in [6.45, 7) is 1.15. The van der Waals surface area contributed by atoms with Crippen LogP contribution in [-0.2, 0) is 14.3 Å². The number of benzene rings is 1. The van der Waals surface area contributed by atoms with Crippen LogP contribution >= 0.6 is 0 Å². The number of ether oxygens (including phenoxy) is 1. The van der Waals surface area contributed by atoms with E-state index in [9.17, 15) is 14.4 Å². The molecular weight excluding hydrogens is 330 g/mol. The Balaban J connectivity index is 1.40. The van der Waals surface area contributed by atoms with Gasteiger partial charge < -0.3 is 10.1 Å². The van der Waals surface area contributed by atoms with Crippen molar-refractivity contribution in [2.45, 2.75) is 45.4 Å². The summed E-state index contributed by atoms with van der Waals surface area (Å²) in [5.41, 5.74) is 0.890. The van der Waals surface area contributed by atoms with E-state index in [2.05, 4.69) is 5.32 Å². The number of hydrogen-bond acceptors (Lipinski definition) is 4. The summed E-state index contributed by atoms with van der Waals surface area (Å²) in [5, 5.41) is 3.07. The highest BCUT2D eigenvalue weighted by molar-refractivity contribution is 5.96. The van der Waals surface area contributed by atoms with Crippen molar-refractivity contribution in [3.63, 3.8) is 0 Å². The minimum absolute atomic E-state index is 0.142. The lowest BCUT2D eigenvalue weighted by molar-refractivity contribution is -0.140. The topological polar surface area (TPSA) is 72.5 Å². The van der Waals surface area contributed by atoms with Crippen LogP contribution in [0.25, 0.3) is 0 Å². The van der Waals surface area contributed by atoms with Crippen LogP contribution in [-0.4, -0.2) is 24.3 Å². The summed E-state index contributed by atoms with van der Waals surface area (Å²) in [4.78, 5) is 35.8. The maximum atomic E-state index is 13.0. The molecule has 5 heteroatoms. The minimum atomic E-state index is -0.529. The molecule has 0 heterocycles. The molecule has 0 unspecified atom stereocenters. The normalized spacial score (nSPS) is 31.5. The molecular formula is C21H25NO4. The quantitative estimate of drug-likeness (QED) is 0.819.